The van der Waals surface area contributed by atoms with Crippen LogP contribution in [-0.2, 0) is 29.8 Å². The summed E-state index contributed by atoms with van der Waals surface area (Å²) in [7, 11) is -10.6. The minimum Gasteiger partial charge on any atom is -0.441 e. The smallest absolute Gasteiger partial charge is 0.432 e. The Bertz CT molecular complexity index is 1420. The number of rotatable bonds is 10. The zero-order valence-corrected chi connectivity index (χ0v) is 24.3. The number of carbonyl (C=O) groups is 2. The Morgan fingerprint density at radius 3 is 1.71 bits per heavy atom. The van der Waals surface area contributed by atoms with Crippen molar-refractivity contribution in [3.63, 3.8) is 0 Å². The fourth-order valence-corrected chi connectivity index (χ4v) is 3.82. The van der Waals surface area contributed by atoms with Crippen molar-refractivity contribution < 1.29 is 67.0 Å². The van der Waals surface area contributed by atoms with Gasteiger partial charge in [-0.15, -0.1) is 0 Å². The molecule has 0 aromatic heterocycles. The number of hydrogen-bond donors (Lipinski definition) is 2. The summed E-state index contributed by atoms with van der Waals surface area (Å²) in [5.74, 6) is -2.66. The minimum atomic E-state index is -6.53. The molecule has 0 radical (unpaired) electrons. The molecule has 42 heavy (non-hydrogen) atoms. The molecule has 17 heteroatoms. The number of alkyl halides is 5. The number of hydrogen-bond acceptors (Lipinski definition) is 8. The lowest BCUT2D eigenvalue weighted by Crippen LogP contribution is -2.52. The molecule has 0 heterocycles. The van der Waals surface area contributed by atoms with Crippen molar-refractivity contribution in [1.29, 1.82) is 0 Å². The number of benzene rings is 2. The van der Waals surface area contributed by atoms with E-state index in [9.17, 15) is 48.4 Å². The van der Waals surface area contributed by atoms with E-state index in [-0.39, 0.29) is 10.6 Å². The molecule has 3 unspecified atom stereocenters. The quantitative estimate of drug-likeness (QED) is 0.142. The molecule has 0 bridgehead atoms. The van der Waals surface area contributed by atoms with Gasteiger partial charge in [-0.05, 0) is 60.7 Å². The largest absolute Gasteiger partial charge is 0.441 e. The van der Waals surface area contributed by atoms with E-state index in [4.69, 9.17) is 13.8 Å². The Kier molecular flexibility index (Phi) is 12.6. The molecule has 0 saturated carbocycles. The van der Waals surface area contributed by atoms with Crippen LogP contribution in [0.15, 0.2) is 53.4 Å². The lowest BCUT2D eigenvalue weighted by atomic mass is 9.99. The van der Waals surface area contributed by atoms with Gasteiger partial charge in [0.1, 0.15) is 5.75 Å². The van der Waals surface area contributed by atoms with Gasteiger partial charge in [-0.3, -0.25) is 13.9 Å². The zero-order chi connectivity index (χ0) is 32.7. The number of esters is 2. The van der Waals surface area contributed by atoms with Gasteiger partial charge in [-0.1, -0.05) is 39.8 Å². The van der Waals surface area contributed by atoms with Gasteiger partial charge in [0, 0.05) is 0 Å². The molecular weight excluding hydrogens is 619 g/mol. The molecule has 2 aromatic rings. The molecule has 10 nitrogen and oxygen atoms in total. The summed E-state index contributed by atoms with van der Waals surface area (Å²) in [6, 6.07) is 9.96. The summed E-state index contributed by atoms with van der Waals surface area (Å²) in [6.07, 6.45) is -8.96. The van der Waals surface area contributed by atoms with Crippen LogP contribution in [0.3, 0.4) is 0 Å². The molecule has 3 atom stereocenters. The van der Waals surface area contributed by atoms with E-state index in [2.05, 4.69) is 18.6 Å². The van der Waals surface area contributed by atoms with Crippen molar-refractivity contribution in [2.24, 2.45) is 5.92 Å². The number of carbonyl (C=O) groups excluding carboxylic acids is 2. The van der Waals surface area contributed by atoms with Crippen molar-refractivity contribution in [3.05, 3.63) is 59.7 Å². The van der Waals surface area contributed by atoms with Gasteiger partial charge in [0.2, 0.25) is 0 Å². The second-order valence-corrected chi connectivity index (χ2v) is 11.9. The molecular formula is C25H29F5O10S2. The molecule has 0 fully saturated rings. The SMILES string of the molecule is CCC(C)C(=O)Oc1ccc(C(=O)OC(C(F)(F)F)C(F)(F)S(=O)(=O)O)cc1.CCC(C)c1ccc(S(=O)(=O)O)cc1. The summed E-state index contributed by atoms with van der Waals surface area (Å²) < 4.78 is 133. The highest BCUT2D eigenvalue weighted by Crippen LogP contribution is 2.38. The Hall–Kier alpha value is -3.15. The second kappa shape index (κ2) is 14.3. The maximum atomic E-state index is 13.4. The van der Waals surface area contributed by atoms with Crippen LogP contribution in [0.5, 0.6) is 5.75 Å². The molecule has 0 aliphatic heterocycles. The Morgan fingerprint density at radius 2 is 1.33 bits per heavy atom. The Balaban J connectivity index is 0.000000525. The van der Waals surface area contributed by atoms with Crippen LogP contribution in [0.1, 0.15) is 62.4 Å². The number of ether oxygens (including phenoxy) is 2. The molecule has 0 aliphatic rings. The maximum Gasteiger partial charge on any atom is 0.432 e. The van der Waals surface area contributed by atoms with Crippen LogP contribution >= 0.6 is 0 Å². The average molecular weight is 649 g/mol. The summed E-state index contributed by atoms with van der Waals surface area (Å²) in [5.41, 5.74) is 0.420. The molecule has 2 aromatic carbocycles. The second-order valence-electron chi connectivity index (χ2n) is 8.97. The lowest BCUT2D eigenvalue weighted by Gasteiger charge is -2.26. The molecule has 0 amide bonds. The highest BCUT2D eigenvalue weighted by Gasteiger charge is 2.66. The van der Waals surface area contributed by atoms with Crippen LogP contribution in [0, 0.1) is 5.92 Å². The van der Waals surface area contributed by atoms with E-state index in [1.165, 1.54) is 12.1 Å². The zero-order valence-electron chi connectivity index (χ0n) is 22.6. The van der Waals surface area contributed by atoms with Gasteiger partial charge in [-0.2, -0.15) is 38.8 Å². The van der Waals surface area contributed by atoms with Gasteiger partial charge >= 0.3 is 33.5 Å². The topological polar surface area (TPSA) is 161 Å². The van der Waals surface area contributed by atoms with Crippen LogP contribution in [0.25, 0.3) is 0 Å². The molecule has 2 rings (SSSR count). The van der Waals surface area contributed by atoms with Gasteiger partial charge in [0.15, 0.2) is 0 Å². The van der Waals surface area contributed by atoms with E-state index in [1.54, 1.807) is 26.0 Å². The predicted octanol–water partition coefficient (Wildman–Crippen LogP) is 5.65. The van der Waals surface area contributed by atoms with E-state index in [0.29, 0.717) is 12.3 Å². The third-order valence-electron chi connectivity index (χ3n) is 5.85. The van der Waals surface area contributed by atoms with Crippen LogP contribution in [-0.4, -0.2) is 55.4 Å². The van der Waals surface area contributed by atoms with E-state index in [0.717, 1.165) is 36.2 Å². The van der Waals surface area contributed by atoms with Crippen molar-refractivity contribution in [3.8, 4) is 5.75 Å². The molecule has 0 saturated heterocycles. The highest BCUT2D eigenvalue weighted by atomic mass is 32.2. The van der Waals surface area contributed by atoms with Crippen LogP contribution in [0.2, 0.25) is 0 Å². The predicted molar refractivity (Wildman–Crippen MR) is 138 cm³/mol. The first kappa shape index (κ1) is 36.9. The van der Waals surface area contributed by atoms with E-state index >= 15 is 0 Å². The summed E-state index contributed by atoms with van der Waals surface area (Å²) in [6.45, 7) is 7.45. The van der Waals surface area contributed by atoms with Gasteiger partial charge in [-0.25, -0.2) is 4.79 Å². The Morgan fingerprint density at radius 1 is 0.833 bits per heavy atom. The highest BCUT2D eigenvalue weighted by molar-refractivity contribution is 7.87. The third kappa shape index (κ3) is 10.3. The first-order chi connectivity index (χ1) is 19.1. The van der Waals surface area contributed by atoms with Gasteiger partial charge < -0.3 is 9.47 Å². The van der Waals surface area contributed by atoms with E-state index in [1.807, 2.05) is 0 Å². The molecule has 0 spiro atoms. The maximum absolute atomic E-state index is 13.4. The van der Waals surface area contributed by atoms with Crippen molar-refractivity contribution in [2.45, 2.75) is 68.9 Å². The van der Waals surface area contributed by atoms with Crippen molar-refractivity contribution in [2.75, 3.05) is 0 Å². The first-order valence-corrected chi connectivity index (χ1v) is 15.0. The molecule has 2 N–H and O–H groups in total. The van der Waals surface area contributed by atoms with E-state index < -0.39 is 61.2 Å². The summed E-state index contributed by atoms with van der Waals surface area (Å²) in [4.78, 5) is 23.3. The Labute approximate surface area is 239 Å². The van der Waals surface area contributed by atoms with Crippen LogP contribution in [0.4, 0.5) is 22.0 Å². The summed E-state index contributed by atoms with van der Waals surface area (Å²) >= 11 is 0. The normalized spacial score (nSPS) is 14.5. The third-order valence-corrected chi connectivity index (χ3v) is 7.62. The number of halogens is 5. The van der Waals surface area contributed by atoms with Gasteiger partial charge in [0.25, 0.3) is 16.2 Å². The minimum absolute atomic E-state index is 0.0513. The van der Waals surface area contributed by atoms with Crippen LogP contribution < -0.4 is 4.74 Å². The fourth-order valence-electron chi connectivity index (χ4n) is 2.88. The average Bonchev–Trinajstić information content (AvgIpc) is 2.89. The monoisotopic (exact) mass is 648 g/mol. The summed E-state index contributed by atoms with van der Waals surface area (Å²) in [5, 5.41) is -5.83. The molecule has 236 valence electrons. The van der Waals surface area contributed by atoms with Gasteiger partial charge in [0.05, 0.1) is 16.4 Å². The first-order valence-electron chi connectivity index (χ1n) is 12.1. The van der Waals surface area contributed by atoms with Crippen molar-refractivity contribution >= 4 is 32.2 Å². The lowest BCUT2D eigenvalue weighted by molar-refractivity contribution is -0.248. The van der Waals surface area contributed by atoms with Crippen molar-refractivity contribution in [1.82, 2.24) is 0 Å². The molecule has 0 aliphatic carbocycles. The standard InChI is InChI=1S/C15H15F5O7S.C10H14O3S/c1-3-8(2)11(21)26-10-6-4-9(5-7-10)12(22)27-13(14(16,17)18)15(19,20)28(23,24)25;1-3-8(2)9-4-6-10(7-5-9)14(11,12)13/h4-8,13H,3H2,1-2H3,(H,23,24,25);4-8H,3H2,1-2H3,(H,11,12,13). The fraction of sp³-hybridized carbons (Fsp3) is 0.440.